The standard InChI is InChI=1S/C20H25F3O3S/c1-18-11-4-3-5-13(18)6-7-14-15-8-9-17(19(15,2)12-10-16(14)18)26-27(24,25)20(21,22)23/h3,5-6,9,14-16H,4,7-8,10-12H2,1-2H3/t14?,15?,16-,18-,19-/m0/s1. The van der Waals surface area contributed by atoms with E-state index in [2.05, 4.69) is 29.3 Å². The van der Waals surface area contributed by atoms with Crippen LogP contribution in [0.2, 0.25) is 0 Å². The predicted molar refractivity (Wildman–Crippen MR) is 95.8 cm³/mol. The molecule has 0 bridgehead atoms. The fraction of sp³-hybridized carbons (Fsp3) is 0.700. The first-order valence-electron chi connectivity index (χ1n) is 9.58. The summed E-state index contributed by atoms with van der Waals surface area (Å²) in [7, 11) is -5.62. The Labute approximate surface area is 158 Å². The molecule has 3 nitrogen and oxygen atoms in total. The van der Waals surface area contributed by atoms with Crippen LogP contribution in [0.25, 0.3) is 0 Å². The van der Waals surface area contributed by atoms with Gasteiger partial charge in [0.05, 0.1) is 0 Å². The third-order valence-corrected chi connectivity index (χ3v) is 8.61. The average molecular weight is 402 g/mol. The molecular weight excluding hydrogens is 377 g/mol. The lowest BCUT2D eigenvalue weighted by molar-refractivity contribution is -0.0566. The van der Waals surface area contributed by atoms with Crippen LogP contribution in [0, 0.1) is 28.6 Å². The third-order valence-electron chi connectivity index (χ3n) is 7.65. The smallest absolute Gasteiger partial charge is 0.380 e. The summed E-state index contributed by atoms with van der Waals surface area (Å²) < 4.78 is 66.1. The number of hydrogen-bond donors (Lipinski definition) is 0. The lowest BCUT2D eigenvalue weighted by Gasteiger charge is -2.56. The molecular formula is C20H25F3O3S. The Morgan fingerprint density at radius 1 is 1.07 bits per heavy atom. The minimum atomic E-state index is -5.62. The van der Waals surface area contributed by atoms with Crippen molar-refractivity contribution >= 4 is 10.1 Å². The van der Waals surface area contributed by atoms with Crippen LogP contribution in [0.3, 0.4) is 0 Å². The van der Waals surface area contributed by atoms with Gasteiger partial charge in [-0.1, -0.05) is 32.1 Å². The minimum absolute atomic E-state index is 0.00764. The maximum Gasteiger partial charge on any atom is 0.534 e. The summed E-state index contributed by atoms with van der Waals surface area (Å²) in [4.78, 5) is 0. The van der Waals surface area contributed by atoms with Gasteiger partial charge in [0.15, 0.2) is 0 Å². The molecule has 0 heterocycles. The molecule has 0 spiro atoms. The van der Waals surface area contributed by atoms with Crippen LogP contribution in [0.1, 0.15) is 52.4 Å². The Hall–Kier alpha value is -1.24. The van der Waals surface area contributed by atoms with Crippen molar-refractivity contribution in [2.45, 2.75) is 57.9 Å². The molecule has 5 atom stereocenters. The molecule has 1 fully saturated rings. The molecule has 4 aliphatic rings. The largest absolute Gasteiger partial charge is 0.534 e. The number of rotatable bonds is 2. The number of allylic oxidation sites excluding steroid dienone is 6. The first kappa shape index (κ1) is 19.1. The molecule has 150 valence electrons. The van der Waals surface area contributed by atoms with E-state index in [9.17, 15) is 21.6 Å². The van der Waals surface area contributed by atoms with Gasteiger partial charge in [-0.05, 0) is 73.3 Å². The van der Waals surface area contributed by atoms with Gasteiger partial charge in [-0.15, -0.1) is 0 Å². The third kappa shape index (κ3) is 2.71. The summed E-state index contributed by atoms with van der Waals surface area (Å²) in [5.74, 6) is 0.935. The number of alkyl halides is 3. The summed E-state index contributed by atoms with van der Waals surface area (Å²) in [6, 6.07) is 0. The van der Waals surface area contributed by atoms with Crippen molar-refractivity contribution < 1.29 is 25.8 Å². The van der Waals surface area contributed by atoms with Gasteiger partial charge < -0.3 is 4.18 Å². The molecule has 0 aliphatic heterocycles. The highest BCUT2D eigenvalue weighted by atomic mass is 32.2. The van der Waals surface area contributed by atoms with Crippen molar-refractivity contribution in [3.05, 3.63) is 35.6 Å². The zero-order valence-electron chi connectivity index (χ0n) is 15.6. The minimum Gasteiger partial charge on any atom is -0.380 e. The average Bonchev–Trinajstić information content (AvgIpc) is 2.89. The highest BCUT2D eigenvalue weighted by Crippen LogP contribution is 2.64. The van der Waals surface area contributed by atoms with Crippen molar-refractivity contribution in [3.63, 3.8) is 0 Å². The van der Waals surface area contributed by atoms with Gasteiger partial charge in [0.25, 0.3) is 0 Å². The second-order valence-corrected chi connectivity index (χ2v) is 10.4. The van der Waals surface area contributed by atoms with E-state index in [-0.39, 0.29) is 17.1 Å². The SMILES string of the molecule is C[C@]12CCC=CC1=CCC1C3CC=C(OS(=O)(=O)C(F)(F)F)[C@@]3(C)CC[C@@H]12. The predicted octanol–water partition coefficient (Wildman–Crippen LogP) is 5.48. The lowest BCUT2D eigenvalue weighted by Crippen LogP contribution is -2.48. The van der Waals surface area contributed by atoms with Crippen LogP contribution in [0.5, 0.6) is 0 Å². The lowest BCUT2D eigenvalue weighted by atomic mass is 9.49. The second-order valence-electron chi connectivity index (χ2n) is 8.87. The number of fused-ring (bicyclic) bond motifs is 5. The highest BCUT2D eigenvalue weighted by molar-refractivity contribution is 7.87. The summed E-state index contributed by atoms with van der Waals surface area (Å²) in [6.07, 6.45) is 13.5. The quantitative estimate of drug-likeness (QED) is 0.454. The van der Waals surface area contributed by atoms with Crippen molar-refractivity contribution in [2.24, 2.45) is 28.6 Å². The monoisotopic (exact) mass is 402 g/mol. The normalized spacial score (nSPS) is 41.1. The van der Waals surface area contributed by atoms with Crippen LogP contribution >= 0.6 is 0 Å². The molecule has 0 saturated heterocycles. The van der Waals surface area contributed by atoms with Crippen LogP contribution in [0.4, 0.5) is 13.2 Å². The Morgan fingerprint density at radius 3 is 2.52 bits per heavy atom. The fourth-order valence-electron chi connectivity index (χ4n) is 6.12. The summed E-state index contributed by atoms with van der Waals surface area (Å²) in [5.41, 5.74) is -4.54. The van der Waals surface area contributed by atoms with Crippen molar-refractivity contribution in [3.8, 4) is 0 Å². The first-order valence-corrected chi connectivity index (χ1v) is 11.0. The molecule has 0 aromatic heterocycles. The molecule has 0 N–H and O–H groups in total. The van der Waals surface area contributed by atoms with E-state index in [1.54, 1.807) is 6.08 Å². The maximum absolute atomic E-state index is 12.8. The van der Waals surface area contributed by atoms with Gasteiger partial charge in [-0.25, -0.2) is 0 Å². The van der Waals surface area contributed by atoms with Crippen LogP contribution < -0.4 is 0 Å². The zero-order valence-corrected chi connectivity index (χ0v) is 16.4. The summed E-state index contributed by atoms with van der Waals surface area (Å²) in [6.45, 7) is 4.19. The van der Waals surface area contributed by atoms with E-state index in [4.69, 9.17) is 0 Å². The van der Waals surface area contributed by atoms with E-state index in [0.717, 1.165) is 25.7 Å². The molecule has 0 amide bonds. The van der Waals surface area contributed by atoms with Gasteiger partial charge >= 0.3 is 15.6 Å². The van der Waals surface area contributed by atoms with Gasteiger partial charge in [-0.2, -0.15) is 21.6 Å². The van der Waals surface area contributed by atoms with E-state index in [1.807, 2.05) is 6.92 Å². The number of hydrogen-bond acceptors (Lipinski definition) is 3. The van der Waals surface area contributed by atoms with E-state index < -0.39 is 21.0 Å². The molecule has 7 heteroatoms. The topological polar surface area (TPSA) is 43.4 Å². The first-order chi connectivity index (χ1) is 12.5. The second kappa shape index (κ2) is 5.88. The molecule has 4 aliphatic carbocycles. The molecule has 0 aromatic carbocycles. The highest BCUT2D eigenvalue weighted by Gasteiger charge is 2.58. The molecule has 27 heavy (non-hydrogen) atoms. The van der Waals surface area contributed by atoms with Gasteiger partial charge in [0.2, 0.25) is 0 Å². The molecule has 1 saturated carbocycles. The Kier molecular flexibility index (Phi) is 4.16. The Bertz CT molecular complexity index is 839. The van der Waals surface area contributed by atoms with Crippen molar-refractivity contribution in [2.75, 3.05) is 0 Å². The van der Waals surface area contributed by atoms with Crippen molar-refractivity contribution in [1.82, 2.24) is 0 Å². The Morgan fingerprint density at radius 2 is 1.81 bits per heavy atom. The van der Waals surface area contributed by atoms with E-state index >= 15 is 0 Å². The van der Waals surface area contributed by atoms with Gasteiger partial charge in [-0.3, -0.25) is 0 Å². The van der Waals surface area contributed by atoms with E-state index in [0.29, 0.717) is 24.7 Å². The van der Waals surface area contributed by atoms with Crippen LogP contribution in [0.15, 0.2) is 35.6 Å². The van der Waals surface area contributed by atoms with E-state index in [1.165, 1.54) is 5.57 Å². The molecule has 2 unspecified atom stereocenters. The summed E-state index contributed by atoms with van der Waals surface area (Å²) >= 11 is 0. The maximum atomic E-state index is 12.8. The molecule has 0 radical (unpaired) electrons. The van der Waals surface area contributed by atoms with Gasteiger partial charge in [0.1, 0.15) is 5.76 Å². The zero-order chi connectivity index (χ0) is 19.7. The number of halogens is 3. The molecule has 4 rings (SSSR count). The van der Waals surface area contributed by atoms with Crippen LogP contribution in [-0.2, 0) is 14.3 Å². The summed E-state index contributed by atoms with van der Waals surface area (Å²) in [5, 5.41) is 0. The van der Waals surface area contributed by atoms with Crippen LogP contribution in [-0.4, -0.2) is 13.9 Å². The van der Waals surface area contributed by atoms with Crippen molar-refractivity contribution in [1.29, 1.82) is 0 Å². The molecule has 0 aromatic rings. The Balaban J connectivity index is 1.62. The fourth-order valence-corrected chi connectivity index (χ4v) is 6.71. The van der Waals surface area contributed by atoms with Gasteiger partial charge in [0, 0.05) is 5.41 Å².